The lowest BCUT2D eigenvalue weighted by atomic mass is 10.0. The van der Waals surface area contributed by atoms with E-state index < -0.39 is 6.10 Å². The van der Waals surface area contributed by atoms with Crippen molar-refractivity contribution in [3.63, 3.8) is 0 Å². The van der Waals surface area contributed by atoms with Crippen LogP contribution in [0.4, 0.5) is 0 Å². The molecular formula is C76H138O6. The molecule has 0 aromatic rings. The first kappa shape index (κ1) is 79.1. The maximum atomic E-state index is 13.0. The van der Waals surface area contributed by atoms with Gasteiger partial charge in [-0.2, -0.15) is 0 Å². The largest absolute Gasteiger partial charge is 0.462 e. The third kappa shape index (κ3) is 67.9. The first-order valence-electron chi connectivity index (χ1n) is 36.3. The van der Waals surface area contributed by atoms with Gasteiger partial charge in [-0.05, 0) is 64.2 Å². The third-order valence-electron chi connectivity index (χ3n) is 16.3. The number of hydrogen-bond donors (Lipinski definition) is 0. The zero-order valence-corrected chi connectivity index (χ0v) is 55.0. The zero-order chi connectivity index (χ0) is 59.2. The van der Waals surface area contributed by atoms with Gasteiger partial charge < -0.3 is 14.2 Å². The Morgan fingerprint density at radius 1 is 0.256 bits per heavy atom. The molecule has 0 radical (unpaired) electrons. The molecular weight excluding hydrogens is 1010 g/mol. The number of carbonyl (C=O) groups excluding carboxylic acids is 3. The van der Waals surface area contributed by atoms with Crippen molar-refractivity contribution in [2.45, 2.75) is 393 Å². The molecule has 82 heavy (non-hydrogen) atoms. The molecule has 1 atom stereocenters. The summed E-state index contributed by atoms with van der Waals surface area (Å²) in [5, 5.41) is 0. The van der Waals surface area contributed by atoms with Crippen molar-refractivity contribution in [2.75, 3.05) is 13.2 Å². The van der Waals surface area contributed by atoms with E-state index in [2.05, 4.69) is 81.5 Å². The van der Waals surface area contributed by atoms with E-state index in [0.29, 0.717) is 19.3 Å². The van der Waals surface area contributed by atoms with Gasteiger partial charge in [0.15, 0.2) is 6.10 Å². The van der Waals surface area contributed by atoms with Crippen LogP contribution < -0.4 is 0 Å². The Bertz CT molecular complexity index is 1460. The topological polar surface area (TPSA) is 78.9 Å². The second-order valence-electron chi connectivity index (χ2n) is 24.5. The number of unbranched alkanes of at least 4 members (excludes halogenated alkanes) is 46. The van der Waals surface area contributed by atoms with Crippen molar-refractivity contribution in [1.29, 1.82) is 0 Å². The second kappa shape index (κ2) is 70.6. The van der Waals surface area contributed by atoms with Gasteiger partial charge >= 0.3 is 17.9 Å². The summed E-state index contributed by atoms with van der Waals surface area (Å²) in [6.07, 6.45) is 91.2. The molecule has 0 aliphatic rings. The highest BCUT2D eigenvalue weighted by Gasteiger charge is 2.19. The molecule has 0 heterocycles. The van der Waals surface area contributed by atoms with Gasteiger partial charge in [-0.15, -0.1) is 0 Å². The van der Waals surface area contributed by atoms with Crippen LogP contribution in [0.1, 0.15) is 387 Å². The number of esters is 3. The Kier molecular flexibility index (Phi) is 68.1. The van der Waals surface area contributed by atoms with Crippen LogP contribution in [0.3, 0.4) is 0 Å². The fraction of sp³-hybridized carbons (Fsp3) is 0.829. The standard InChI is InChI=1S/C76H138O6/c1-4-7-10-13-16-19-22-25-27-29-31-33-35-37-38-40-41-43-45-47-49-51-54-57-60-63-66-69-75(78)81-72-73(71-80-74(77)68-65-62-59-56-53-24-21-18-15-12-9-6-3)82-76(79)70-67-64-61-58-55-52-50-48-46-44-42-39-36-34-32-30-28-26-23-20-17-14-11-8-5-2/h7,10,16,19,25,27,31,33,37-38,73H,4-6,8-9,11-15,17-18,20-24,26,28-30,32,34-36,39-72H2,1-3H3/b10-7-,19-16-,27-25-,33-31-,38-37-. The Morgan fingerprint density at radius 3 is 0.744 bits per heavy atom. The summed E-state index contributed by atoms with van der Waals surface area (Å²) in [5.74, 6) is -0.845. The number of carbonyl (C=O) groups is 3. The summed E-state index contributed by atoms with van der Waals surface area (Å²) < 4.78 is 17.0. The average Bonchev–Trinajstić information content (AvgIpc) is 3.47. The minimum atomic E-state index is -0.773. The monoisotopic (exact) mass is 1150 g/mol. The highest BCUT2D eigenvalue weighted by Crippen LogP contribution is 2.19. The lowest BCUT2D eigenvalue weighted by Gasteiger charge is -2.18. The Hall–Kier alpha value is -2.89. The third-order valence-corrected chi connectivity index (χ3v) is 16.3. The molecule has 0 amide bonds. The molecule has 0 aromatic heterocycles. The highest BCUT2D eigenvalue weighted by atomic mass is 16.6. The van der Waals surface area contributed by atoms with Crippen molar-refractivity contribution < 1.29 is 28.6 Å². The van der Waals surface area contributed by atoms with Crippen LogP contribution in [0.25, 0.3) is 0 Å². The summed E-state index contributed by atoms with van der Waals surface area (Å²) >= 11 is 0. The van der Waals surface area contributed by atoms with E-state index in [-0.39, 0.29) is 31.1 Å². The summed E-state index contributed by atoms with van der Waals surface area (Å²) in [6, 6.07) is 0. The summed E-state index contributed by atoms with van der Waals surface area (Å²) in [7, 11) is 0. The van der Waals surface area contributed by atoms with Gasteiger partial charge in [-0.25, -0.2) is 0 Å². The maximum Gasteiger partial charge on any atom is 0.306 e. The van der Waals surface area contributed by atoms with E-state index in [1.165, 1.54) is 257 Å². The van der Waals surface area contributed by atoms with E-state index in [9.17, 15) is 14.4 Å². The Morgan fingerprint density at radius 2 is 0.476 bits per heavy atom. The van der Waals surface area contributed by atoms with Gasteiger partial charge in [-0.1, -0.05) is 364 Å². The molecule has 6 heteroatoms. The number of rotatable bonds is 67. The number of hydrogen-bond acceptors (Lipinski definition) is 6. The summed E-state index contributed by atoms with van der Waals surface area (Å²) in [6.45, 7) is 6.59. The fourth-order valence-corrected chi connectivity index (χ4v) is 10.9. The molecule has 0 aliphatic carbocycles. The van der Waals surface area contributed by atoms with Crippen LogP contribution in [0.15, 0.2) is 60.8 Å². The van der Waals surface area contributed by atoms with Crippen molar-refractivity contribution in [3.05, 3.63) is 60.8 Å². The van der Waals surface area contributed by atoms with E-state index >= 15 is 0 Å². The molecule has 6 nitrogen and oxygen atoms in total. The predicted octanol–water partition coefficient (Wildman–Crippen LogP) is 25.1. The minimum Gasteiger partial charge on any atom is -0.462 e. The molecule has 0 saturated heterocycles. The fourth-order valence-electron chi connectivity index (χ4n) is 10.9. The first-order chi connectivity index (χ1) is 40.5. The molecule has 0 bridgehead atoms. The molecule has 0 rings (SSSR count). The minimum absolute atomic E-state index is 0.0688. The van der Waals surface area contributed by atoms with Gasteiger partial charge in [-0.3, -0.25) is 14.4 Å². The lowest BCUT2D eigenvalue weighted by molar-refractivity contribution is -0.167. The number of allylic oxidation sites excluding steroid dienone is 10. The Balaban J connectivity index is 4.21. The SMILES string of the molecule is CC/C=C\C/C=C\C/C=C\C/C=C\C/C=C\CCCCCCCCCCCCCC(=O)OCC(COC(=O)CCCCCCCCCCCCCC)OC(=O)CCCCCCCCCCCCCCCCCCCCCCCCCCC. The molecule has 0 saturated carbocycles. The molecule has 0 aliphatic heterocycles. The van der Waals surface area contributed by atoms with Crippen LogP contribution in [-0.2, 0) is 28.6 Å². The van der Waals surface area contributed by atoms with Crippen molar-refractivity contribution >= 4 is 17.9 Å². The molecule has 0 N–H and O–H groups in total. The normalized spacial score (nSPS) is 12.4. The first-order valence-corrected chi connectivity index (χ1v) is 36.3. The van der Waals surface area contributed by atoms with Crippen molar-refractivity contribution in [1.82, 2.24) is 0 Å². The zero-order valence-electron chi connectivity index (χ0n) is 55.0. The molecule has 478 valence electrons. The van der Waals surface area contributed by atoms with Crippen molar-refractivity contribution in [2.24, 2.45) is 0 Å². The predicted molar refractivity (Wildman–Crippen MR) is 358 cm³/mol. The van der Waals surface area contributed by atoms with Crippen LogP contribution in [0.5, 0.6) is 0 Å². The number of ether oxygens (including phenoxy) is 3. The van der Waals surface area contributed by atoms with E-state index in [0.717, 1.165) is 89.9 Å². The summed E-state index contributed by atoms with van der Waals surface area (Å²) in [4.78, 5) is 38.4. The molecule has 0 fully saturated rings. The van der Waals surface area contributed by atoms with E-state index in [1.807, 2.05) is 0 Å². The van der Waals surface area contributed by atoms with Crippen LogP contribution in [0.2, 0.25) is 0 Å². The molecule has 1 unspecified atom stereocenters. The van der Waals surface area contributed by atoms with Crippen LogP contribution >= 0.6 is 0 Å². The Labute approximate surface area is 510 Å². The van der Waals surface area contributed by atoms with Crippen molar-refractivity contribution in [3.8, 4) is 0 Å². The van der Waals surface area contributed by atoms with Gasteiger partial charge in [0, 0.05) is 19.3 Å². The van der Waals surface area contributed by atoms with E-state index in [1.54, 1.807) is 0 Å². The highest BCUT2D eigenvalue weighted by molar-refractivity contribution is 5.71. The van der Waals surface area contributed by atoms with Crippen LogP contribution in [-0.4, -0.2) is 37.2 Å². The maximum absolute atomic E-state index is 13.0. The van der Waals surface area contributed by atoms with Gasteiger partial charge in [0.05, 0.1) is 0 Å². The summed E-state index contributed by atoms with van der Waals surface area (Å²) in [5.41, 5.74) is 0. The second-order valence-corrected chi connectivity index (χ2v) is 24.5. The van der Waals surface area contributed by atoms with Gasteiger partial charge in [0.25, 0.3) is 0 Å². The van der Waals surface area contributed by atoms with Crippen LogP contribution in [0, 0.1) is 0 Å². The quantitative estimate of drug-likeness (QED) is 0.0261. The van der Waals surface area contributed by atoms with Gasteiger partial charge in [0.2, 0.25) is 0 Å². The molecule has 0 aromatic carbocycles. The lowest BCUT2D eigenvalue weighted by Crippen LogP contribution is -2.30. The smallest absolute Gasteiger partial charge is 0.306 e. The van der Waals surface area contributed by atoms with E-state index in [4.69, 9.17) is 14.2 Å². The average molecular weight is 1150 g/mol. The molecule has 0 spiro atoms. The van der Waals surface area contributed by atoms with Gasteiger partial charge in [0.1, 0.15) is 13.2 Å².